The van der Waals surface area contributed by atoms with Gasteiger partial charge in [0.1, 0.15) is 16.7 Å². The van der Waals surface area contributed by atoms with Crippen LogP contribution in [0, 0.1) is 0 Å². The standard InChI is InChI=1S/C42H25N3O2/c1-2-10-27-23-29(18-17-26(27)9-1)34-25-30(24-28-11-3-4-12-31(28)34)45(35-19-22-44-42-39(35)32-13-5-7-15-37(32)47-42)36-20-21-43-40-33-14-6-8-16-38(33)46-41(36)40/h1-25H. The monoisotopic (exact) mass is 603 g/mol. The Kier molecular flexibility index (Phi) is 5.51. The largest absolute Gasteiger partial charge is 0.452 e. The van der Waals surface area contributed by atoms with Gasteiger partial charge in [0.25, 0.3) is 0 Å². The van der Waals surface area contributed by atoms with Crippen LogP contribution in [0.4, 0.5) is 17.1 Å². The van der Waals surface area contributed by atoms with Gasteiger partial charge in [-0.2, -0.15) is 0 Å². The second-order valence-electron chi connectivity index (χ2n) is 11.8. The molecule has 220 valence electrons. The molecule has 0 spiro atoms. The van der Waals surface area contributed by atoms with Crippen LogP contribution in [-0.2, 0) is 0 Å². The van der Waals surface area contributed by atoms with E-state index < -0.39 is 0 Å². The lowest BCUT2D eigenvalue weighted by molar-refractivity contribution is 0.654. The van der Waals surface area contributed by atoms with E-state index in [2.05, 4.69) is 107 Å². The lowest BCUT2D eigenvalue weighted by Gasteiger charge is -2.27. The molecular weight excluding hydrogens is 578 g/mol. The van der Waals surface area contributed by atoms with E-state index in [-0.39, 0.29) is 0 Å². The first-order chi connectivity index (χ1) is 23.3. The van der Waals surface area contributed by atoms with Crippen LogP contribution in [0.1, 0.15) is 0 Å². The number of pyridine rings is 2. The lowest BCUT2D eigenvalue weighted by Crippen LogP contribution is -2.11. The number of para-hydroxylation sites is 2. The molecule has 10 aromatic rings. The van der Waals surface area contributed by atoms with Crippen molar-refractivity contribution in [2.24, 2.45) is 0 Å². The van der Waals surface area contributed by atoms with E-state index in [1.165, 1.54) is 16.2 Å². The van der Waals surface area contributed by atoms with Gasteiger partial charge in [0, 0.05) is 28.9 Å². The molecule has 0 radical (unpaired) electrons. The summed E-state index contributed by atoms with van der Waals surface area (Å²) < 4.78 is 12.9. The average molecular weight is 604 g/mol. The number of rotatable bonds is 4. The van der Waals surface area contributed by atoms with Crippen LogP contribution >= 0.6 is 0 Å². The molecule has 10 rings (SSSR count). The number of benzene rings is 6. The van der Waals surface area contributed by atoms with Crippen molar-refractivity contribution < 1.29 is 8.83 Å². The van der Waals surface area contributed by atoms with Gasteiger partial charge in [0.15, 0.2) is 5.58 Å². The first-order valence-electron chi connectivity index (χ1n) is 15.6. The van der Waals surface area contributed by atoms with E-state index in [1.807, 2.05) is 54.9 Å². The van der Waals surface area contributed by atoms with Gasteiger partial charge in [0.05, 0.1) is 16.8 Å². The van der Waals surface area contributed by atoms with Crippen LogP contribution in [0.25, 0.3) is 76.8 Å². The Bertz CT molecular complexity index is 2830. The van der Waals surface area contributed by atoms with Crippen LogP contribution in [0.15, 0.2) is 161 Å². The van der Waals surface area contributed by atoms with Crippen LogP contribution < -0.4 is 4.90 Å². The normalized spacial score (nSPS) is 11.8. The summed E-state index contributed by atoms with van der Waals surface area (Å²) in [5.41, 5.74) is 8.80. The average Bonchev–Trinajstić information content (AvgIpc) is 3.71. The highest BCUT2D eigenvalue weighted by atomic mass is 16.3. The third-order valence-corrected chi connectivity index (χ3v) is 9.14. The van der Waals surface area contributed by atoms with Crippen molar-refractivity contribution in [2.45, 2.75) is 0 Å². The number of fused-ring (bicyclic) bond motifs is 8. The van der Waals surface area contributed by atoms with Gasteiger partial charge in [-0.25, -0.2) is 4.98 Å². The Balaban J connectivity index is 1.32. The zero-order valence-electron chi connectivity index (χ0n) is 25.1. The van der Waals surface area contributed by atoms with Crippen LogP contribution in [-0.4, -0.2) is 9.97 Å². The van der Waals surface area contributed by atoms with E-state index >= 15 is 0 Å². The molecule has 6 aromatic carbocycles. The molecule has 0 aliphatic carbocycles. The fraction of sp³-hybridized carbons (Fsp3) is 0. The Morgan fingerprint density at radius 2 is 1.17 bits per heavy atom. The summed E-state index contributed by atoms with van der Waals surface area (Å²) in [5.74, 6) is 0. The van der Waals surface area contributed by atoms with Crippen molar-refractivity contribution >= 4 is 82.7 Å². The number of hydrogen-bond donors (Lipinski definition) is 0. The first kappa shape index (κ1) is 25.8. The van der Waals surface area contributed by atoms with Gasteiger partial charge in [0.2, 0.25) is 5.71 Å². The van der Waals surface area contributed by atoms with Crippen LogP contribution in [0.3, 0.4) is 0 Å². The second kappa shape index (κ2) is 10.0. The maximum atomic E-state index is 6.60. The maximum Gasteiger partial charge on any atom is 0.229 e. The van der Waals surface area contributed by atoms with Gasteiger partial charge in [-0.15, -0.1) is 0 Å². The lowest BCUT2D eigenvalue weighted by atomic mass is 9.95. The molecule has 47 heavy (non-hydrogen) atoms. The molecule has 0 aliphatic rings. The SMILES string of the molecule is c1ccc2cc(-c3cc(N(c4ccnc5c4oc4ccccc45)c4ccnc5oc6ccccc6c45)cc4ccccc34)ccc2c1. The van der Waals surface area contributed by atoms with Gasteiger partial charge in [-0.05, 0) is 81.2 Å². The highest BCUT2D eigenvalue weighted by Gasteiger charge is 2.25. The Hall–Kier alpha value is -6.46. The summed E-state index contributed by atoms with van der Waals surface area (Å²) in [6, 6.07) is 48.6. The minimum Gasteiger partial charge on any atom is -0.452 e. The van der Waals surface area contributed by atoms with Crippen LogP contribution in [0.5, 0.6) is 0 Å². The molecule has 4 heterocycles. The first-order valence-corrected chi connectivity index (χ1v) is 15.6. The van der Waals surface area contributed by atoms with E-state index in [9.17, 15) is 0 Å². The zero-order chi connectivity index (χ0) is 30.9. The van der Waals surface area contributed by atoms with Gasteiger partial charge >= 0.3 is 0 Å². The van der Waals surface area contributed by atoms with Crippen molar-refractivity contribution in [1.82, 2.24) is 9.97 Å². The summed E-state index contributed by atoms with van der Waals surface area (Å²) in [6.07, 6.45) is 3.68. The Labute approximate surface area is 268 Å². The number of aromatic nitrogens is 2. The number of anilines is 3. The molecule has 0 aliphatic heterocycles. The zero-order valence-corrected chi connectivity index (χ0v) is 25.1. The summed E-state index contributed by atoms with van der Waals surface area (Å²) in [7, 11) is 0. The molecule has 0 unspecified atom stereocenters. The molecule has 0 saturated carbocycles. The molecule has 0 atom stereocenters. The molecule has 0 N–H and O–H groups in total. The molecule has 0 bridgehead atoms. The summed E-state index contributed by atoms with van der Waals surface area (Å²) >= 11 is 0. The minimum absolute atomic E-state index is 0.583. The van der Waals surface area contributed by atoms with Crippen molar-refractivity contribution in [3.63, 3.8) is 0 Å². The van der Waals surface area contributed by atoms with E-state index in [1.54, 1.807) is 0 Å². The van der Waals surface area contributed by atoms with E-state index in [4.69, 9.17) is 13.8 Å². The fourth-order valence-corrected chi connectivity index (χ4v) is 7.01. The molecule has 5 heteroatoms. The number of hydrogen-bond acceptors (Lipinski definition) is 5. The highest BCUT2D eigenvalue weighted by Crippen LogP contribution is 2.47. The molecule has 0 amide bonds. The third kappa shape index (κ3) is 3.97. The third-order valence-electron chi connectivity index (χ3n) is 9.14. The quantitative estimate of drug-likeness (QED) is 0.200. The summed E-state index contributed by atoms with van der Waals surface area (Å²) in [4.78, 5) is 11.7. The molecule has 5 nitrogen and oxygen atoms in total. The molecule has 0 fully saturated rings. The summed E-state index contributed by atoms with van der Waals surface area (Å²) in [5, 5.41) is 7.65. The molecule has 0 saturated heterocycles. The summed E-state index contributed by atoms with van der Waals surface area (Å²) in [6.45, 7) is 0. The van der Waals surface area contributed by atoms with Gasteiger partial charge in [-0.1, -0.05) is 91.0 Å². The van der Waals surface area contributed by atoms with Crippen molar-refractivity contribution in [3.8, 4) is 11.1 Å². The number of furan rings is 2. The van der Waals surface area contributed by atoms with Gasteiger partial charge < -0.3 is 13.7 Å². The van der Waals surface area contributed by atoms with Gasteiger partial charge in [-0.3, -0.25) is 4.98 Å². The number of nitrogens with zero attached hydrogens (tertiary/aromatic N) is 3. The van der Waals surface area contributed by atoms with E-state index in [0.29, 0.717) is 11.3 Å². The Morgan fingerprint density at radius 1 is 0.489 bits per heavy atom. The predicted molar refractivity (Wildman–Crippen MR) is 192 cm³/mol. The molecular formula is C42H25N3O2. The predicted octanol–water partition coefficient (Wildman–Crippen LogP) is 11.7. The fourth-order valence-electron chi connectivity index (χ4n) is 7.01. The maximum absolute atomic E-state index is 6.60. The Morgan fingerprint density at radius 3 is 2.04 bits per heavy atom. The van der Waals surface area contributed by atoms with Crippen molar-refractivity contribution in [3.05, 3.63) is 152 Å². The topological polar surface area (TPSA) is 55.3 Å². The van der Waals surface area contributed by atoms with Crippen LogP contribution in [0.2, 0.25) is 0 Å². The minimum atomic E-state index is 0.583. The van der Waals surface area contributed by atoms with Crippen molar-refractivity contribution in [2.75, 3.05) is 4.90 Å². The highest BCUT2D eigenvalue weighted by molar-refractivity contribution is 6.15. The molecule has 4 aromatic heterocycles. The van der Waals surface area contributed by atoms with E-state index in [0.717, 1.165) is 66.4 Å². The smallest absolute Gasteiger partial charge is 0.229 e. The second-order valence-corrected chi connectivity index (χ2v) is 11.8. The van der Waals surface area contributed by atoms with Crippen molar-refractivity contribution in [1.29, 1.82) is 0 Å².